The molecule has 0 spiro atoms. The number of nitrogens with zero attached hydrogens (tertiary/aromatic N) is 2. The first-order valence-corrected chi connectivity index (χ1v) is 9.17. The van der Waals surface area contributed by atoms with Crippen LogP contribution in [0.5, 0.6) is 0 Å². The van der Waals surface area contributed by atoms with Gasteiger partial charge in [-0.2, -0.15) is 0 Å². The average molecular weight is 340 g/mol. The molecule has 0 saturated carbocycles. The van der Waals surface area contributed by atoms with Crippen molar-refractivity contribution in [3.63, 3.8) is 0 Å². The van der Waals surface area contributed by atoms with Crippen LogP contribution < -0.4 is 10.5 Å². The van der Waals surface area contributed by atoms with Gasteiger partial charge in [0.05, 0.1) is 11.4 Å². The van der Waals surface area contributed by atoms with Crippen LogP contribution in [-0.4, -0.2) is 69.9 Å². The van der Waals surface area contributed by atoms with E-state index in [1.54, 1.807) is 29.2 Å². The van der Waals surface area contributed by atoms with Gasteiger partial charge >= 0.3 is 0 Å². The first-order valence-electron chi connectivity index (χ1n) is 7.69. The Labute approximate surface area is 137 Å². The van der Waals surface area contributed by atoms with Crippen molar-refractivity contribution in [2.45, 2.75) is 11.8 Å². The molecule has 0 bridgehead atoms. The van der Waals surface area contributed by atoms with Gasteiger partial charge in [-0.25, -0.2) is 13.1 Å². The van der Waals surface area contributed by atoms with Gasteiger partial charge in [-0.15, -0.1) is 0 Å². The summed E-state index contributed by atoms with van der Waals surface area (Å²) in [6, 6.07) is 6.77. The van der Waals surface area contributed by atoms with Gasteiger partial charge in [0.1, 0.15) is 0 Å². The van der Waals surface area contributed by atoms with Crippen LogP contribution in [-0.2, 0) is 14.8 Å². The van der Waals surface area contributed by atoms with Crippen molar-refractivity contribution in [1.29, 1.82) is 0 Å². The molecule has 1 heterocycles. The van der Waals surface area contributed by atoms with E-state index in [1.807, 2.05) is 6.92 Å². The molecule has 0 radical (unpaired) electrons. The van der Waals surface area contributed by atoms with E-state index < -0.39 is 10.0 Å². The smallest absolute Gasteiger partial charge is 0.240 e. The van der Waals surface area contributed by atoms with Gasteiger partial charge in [0, 0.05) is 39.3 Å². The summed E-state index contributed by atoms with van der Waals surface area (Å²) in [4.78, 5) is 15.6. The van der Waals surface area contributed by atoms with Crippen LogP contribution in [0, 0.1) is 6.92 Å². The maximum Gasteiger partial charge on any atom is 0.240 e. The zero-order chi connectivity index (χ0) is 16.9. The zero-order valence-electron chi connectivity index (χ0n) is 13.4. The van der Waals surface area contributed by atoms with Crippen molar-refractivity contribution in [2.24, 2.45) is 5.73 Å². The maximum absolute atomic E-state index is 12.2. The van der Waals surface area contributed by atoms with Crippen molar-refractivity contribution in [3.8, 4) is 0 Å². The Morgan fingerprint density at radius 1 is 1.17 bits per heavy atom. The Kier molecular flexibility index (Phi) is 6.11. The monoisotopic (exact) mass is 340 g/mol. The van der Waals surface area contributed by atoms with Gasteiger partial charge in [-0.05, 0) is 19.1 Å². The number of carbonyl (C=O) groups excluding carboxylic acids is 1. The maximum atomic E-state index is 12.2. The predicted molar refractivity (Wildman–Crippen MR) is 88.4 cm³/mol. The first-order chi connectivity index (χ1) is 10.9. The van der Waals surface area contributed by atoms with E-state index >= 15 is 0 Å². The Morgan fingerprint density at radius 3 is 2.35 bits per heavy atom. The normalized spacial score (nSPS) is 16.5. The summed E-state index contributed by atoms with van der Waals surface area (Å²) in [5.74, 6) is -0.0373. The minimum absolute atomic E-state index is 0.0373. The summed E-state index contributed by atoms with van der Waals surface area (Å²) in [5, 5.41) is 0. The van der Waals surface area contributed by atoms with Crippen LogP contribution in [0.15, 0.2) is 29.2 Å². The van der Waals surface area contributed by atoms with E-state index in [4.69, 9.17) is 5.73 Å². The highest BCUT2D eigenvalue weighted by Gasteiger charge is 2.20. The average Bonchev–Trinajstić information content (AvgIpc) is 2.55. The number of rotatable bonds is 6. The summed E-state index contributed by atoms with van der Waals surface area (Å²) in [5.41, 5.74) is 6.37. The molecule has 1 fully saturated rings. The lowest BCUT2D eigenvalue weighted by atomic mass is 10.2. The van der Waals surface area contributed by atoms with Crippen LogP contribution in [0.25, 0.3) is 0 Å². The molecule has 1 saturated heterocycles. The van der Waals surface area contributed by atoms with Gasteiger partial charge < -0.3 is 10.6 Å². The molecule has 1 aromatic rings. The Bertz CT molecular complexity index is 623. The lowest BCUT2D eigenvalue weighted by molar-refractivity contribution is -0.131. The number of piperazine rings is 1. The zero-order valence-corrected chi connectivity index (χ0v) is 14.2. The third-order valence-electron chi connectivity index (χ3n) is 3.95. The highest BCUT2D eigenvalue weighted by Crippen LogP contribution is 2.09. The van der Waals surface area contributed by atoms with Gasteiger partial charge in [-0.3, -0.25) is 9.69 Å². The summed E-state index contributed by atoms with van der Waals surface area (Å²) >= 11 is 0. The summed E-state index contributed by atoms with van der Waals surface area (Å²) in [7, 11) is -3.46. The third kappa shape index (κ3) is 5.00. The number of hydrogen-bond acceptors (Lipinski definition) is 5. The molecule has 1 aromatic carbocycles. The lowest BCUT2D eigenvalue weighted by Gasteiger charge is -2.34. The van der Waals surface area contributed by atoms with Crippen LogP contribution in [0.3, 0.4) is 0 Å². The molecule has 0 aromatic heterocycles. The number of aryl methyl sites for hydroxylation is 1. The van der Waals surface area contributed by atoms with Crippen molar-refractivity contribution >= 4 is 15.9 Å². The number of carbonyl (C=O) groups is 1. The first kappa shape index (κ1) is 17.9. The molecule has 1 aliphatic heterocycles. The molecule has 0 aliphatic carbocycles. The van der Waals surface area contributed by atoms with Crippen LogP contribution in [0.2, 0.25) is 0 Å². The molecule has 23 heavy (non-hydrogen) atoms. The predicted octanol–water partition coefficient (Wildman–Crippen LogP) is -0.624. The lowest BCUT2D eigenvalue weighted by Crippen LogP contribution is -2.51. The van der Waals surface area contributed by atoms with E-state index in [9.17, 15) is 13.2 Å². The minimum Gasteiger partial charge on any atom is -0.339 e. The van der Waals surface area contributed by atoms with E-state index in [0.29, 0.717) is 26.2 Å². The topological polar surface area (TPSA) is 95.7 Å². The van der Waals surface area contributed by atoms with Crippen molar-refractivity contribution in [2.75, 3.05) is 45.8 Å². The fraction of sp³-hybridized carbons (Fsp3) is 0.533. The molecule has 1 aliphatic rings. The number of hydrogen-bond donors (Lipinski definition) is 2. The van der Waals surface area contributed by atoms with Gasteiger partial charge in [0.2, 0.25) is 15.9 Å². The van der Waals surface area contributed by atoms with Gasteiger partial charge in [0.25, 0.3) is 0 Å². The molecule has 3 N–H and O–H groups in total. The summed E-state index contributed by atoms with van der Waals surface area (Å²) < 4.78 is 27.0. The van der Waals surface area contributed by atoms with E-state index in [0.717, 1.165) is 18.7 Å². The fourth-order valence-corrected chi connectivity index (χ4v) is 3.51. The third-order valence-corrected chi connectivity index (χ3v) is 5.43. The molecule has 0 unspecified atom stereocenters. The van der Waals surface area contributed by atoms with Crippen LogP contribution in [0.1, 0.15) is 5.56 Å². The molecule has 7 nitrogen and oxygen atoms in total. The highest BCUT2D eigenvalue weighted by molar-refractivity contribution is 7.89. The molecule has 0 atom stereocenters. The highest BCUT2D eigenvalue weighted by atomic mass is 32.2. The number of nitrogens with two attached hydrogens (primary N) is 1. The number of nitrogens with one attached hydrogen (secondary N) is 1. The number of sulfonamides is 1. The van der Waals surface area contributed by atoms with E-state index in [-0.39, 0.29) is 17.3 Å². The summed E-state index contributed by atoms with van der Waals surface area (Å²) in [6.07, 6.45) is 0. The molecule has 1 amide bonds. The minimum atomic E-state index is -3.46. The Balaban J connectivity index is 1.77. The largest absolute Gasteiger partial charge is 0.339 e. The number of amides is 1. The molecule has 8 heteroatoms. The fourth-order valence-electron chi connectivity index (χ4n) is 2.49. The van der Waals surface area contributed by atoms with Gasteiger partial charge in [0.15, 0.2) is 0 Å². The molecule has 128 valence electrons. The van der Waals surface area contributed by atoms with Crippen LogP contribution in [0.4, 0.5) is 0 Å². The Morgan fingerprint density at radius 2 is 1.78 bits per heavy atom. The van der Waals surface area contributed by atoms with E-state index in [2.05, 4.69) is 9.62 Å². The molecule has 2 rings (SSSR count). The molecular formula is C15H24N4O3S. The standard InChI is InChI=1S/C15H24N4O3S/c1-13-2-4-14(5-3-13)23(21,22)17-6-7-18-8-10-19(11-9-18)15(20)12-16/h2-5,17H,6-12,16H2,1H3. The summed E-state index contributed by atoms with van der Waals surface area (Å²) in [6.45, 7) is 5.67. The SMILES string of the molecule is Cc1ccc(S(=O)(=O)NCCN2CCN(C(=O)CN)CC2)cc1. The number of benzene rings is 1. The van der Waals surface area contributed by atoms with Gasteiger partial charge in [-0.1, -0.05) is 17.7 Å². The quantitative estimate of drug-likeness (QED) is 0.719. The molecular weight excluding hydrogens is 316 g/mol. The van der Waals surface area contributed by atoms with Crippen molar-refractivity contribution in [3.05, 3.63) is 29.8 Å². The second kappa shape index (κ2) is 7.87. The second-order valence-corrected chi connectivity index (χ2v) is 7.40. The van der Waals surface area contributed by atoms with Crippen molar-refractivity contribution < 1.29 is 13.2 Å². The van der Waals surface area contributed by atoms with Crippen molar-refractivity contribution in [1.82, 2.24) is 14.5 Å². The van der Waals surface area contributed by atoms with E-state index in [1.165, 1.54) is 0 Å². The van der Waals surface area contributed by atoms with Crippen LogP contribution >= 0.6 is 0 Å². The second-order valence-electron chi connectivity index (χ2n) is 5.64. The Hall–Kier alpha value is -1.48.